The maximum absolute atomic E-state index is 4.05. The summed E-state index contributed by atoms with van der Waals surface area (Å²) in [6.07, 6.45) is 5.97. The Morgan fingerprint density at radius 3 is 3.00 bits per heavy atom. The molecule has 2 heteroatoms. The summed E-state index contributed by atoms with van der Waals surface area (Å²) < 4.78 is 0. The third kappa shape index (κ3) is 2.30. The van der Waals surface area contributed by atoms with E-state index in [0.717, 1.165) is 18.5 Å². The molecule has 1 rings (SSSR count). The van der Waals surface area contributed by atoms with Crippen molar-refractivity contribution in [3.05, 3.63) is 29.9 Å². The van der Waals surface area contributed by atoms with Crippen molar-refractivity contribution in [1.82, 2.24) is 10.2 Å². The van der Waals surface area contributed by atoms with Crippen molar-refractivity contribution in [3.63, 3.8) is 0 Å². The number of hydrogen-bond acceptors (Lipinski definition) is 2. The lowest BCUT2D eigenvalue weighted by Gasteiger charge is -1.99. The minimum absolute atomic E-state index is 1.01. The van der Waals surface area contributed by atoms with E-state index in [1.807, 2.05) is 6.07 Å². The van der Waals surface area contributed by atoms with Crippen LogP contribution in [0.1, 0.15) is 24.6 Å². The van der Waals surface area contributed by atoms with E-state index in [2.05, 4.69) is 30.5 Å². The summed E-state index contributed by atoms with van der Waals surface area (Å²) in [5.74, 6) is 0. The van der Waals surface area contributed by atoms with Gasteiger partial charge in [0.1, 0.15) is 0 Å². The molecule has 0 saturated carbocycles. The fourth-order valence-electron chi connectivity index (χ4n) is 0.951. The lowest BCUT2D eigenvalue weighted by atomic mass is 10.1. The lowest BCUT2D eigenvalue weighted by Crippen LogP contribution is -1.95. The number of aryl methyl sites for hydroxylation is 2. The first-order valence-electron chi connectivity index (χ1n) is 3.89. The molecule has 0 amide bonds. The van der Waals surface area contributed by atoms with Crippen molar-refractivity contribution < 1.29 is 0 Å². The predicted octanol–water partition coefficient (Wildman–Crippen LogP) is 1.94. The van der Waals surface area contributed by atoms with Gasteiger partial charge in [-0.15, -0.1) is 0 Å². The maximum Gasteiger partial charge on any atom is 0.0660 e. The van der Waals surface area contributed by atoms with E-state index >= 15 is 0 Å². The number of hydrogen-bond donors (Lipinski definition) is 0. The SMILES string of the molecule is C[CH]CCc1nnccc1C. The van der Waals surface area contributed by atoms with Gasteiger partial charge in [-0.25, -0.2) is 0 Å². The van der Waals surface area contributed by atoms with Crippen LogP contribution in [0.25, 0.3) is 0 Å². The topological polar surface area (TPSA) is 25.8 Å². The molecule has 11 heavy (non-hydrogen) atoms. The van der Waals surface area contributed by atoms with E-state index < -0.39 is 0 Å². The lowest BCUT2D eigenvalue weighted by molar-refractivity contribution is 0.835. The van der Waals surface area contributed by atoms with Crippen LogP contribution in [0.4, 0.5) is 0 Å². The highest BCUT2D eigenvalue weighted by molar-refractivity contribution is 5.14. The van der Waals surface area contributed by atoms with Gasteiger partial charge in [-0.2, -0.15) is 10.2 Å². The third-order valence-corrected chi connectivity index (χ3v) is 1.69. The third-order valence-electron chi connectivity index (χ3n) is 1.69. The number of aromatic nitrogens is 2. The average Bonchev–Trinajstić information content (AvgIpc) is 2.03. The quantitative estimate of drug-likeness (QED) is 0.656. The maximum atomic E-state index is 4.05. The zero-order valence-corrected chi connectivity index (χ0v) is 7.04. The van der Waals surface area contributed by atoms with E-state index in [1.54, 1.807) is 6.20 Å². The van der Waals surface area contributed by atoms with Gasteiger partial charge < -0.3 is 0 Å². The first-order chi connectivity index (χ1) is 5.34. The second-order valence-electron chi connectivity index (χ2n) is 2.61. The van der Waals surface area contributed by atoms with Crippen molar-refractivity contribution in [2.24, 2.45) is 0 Å². The molecule has 0 aliphatic carbocycles. The number of rotatable bonds is 3. The zero-order valence-electron chi connectivity index (χ0n) is 7.04. The fraction of sp³-hybridized carbons (Fsp3) is 0.444. The molecule has 0 fully saturated rings. The first-order valence-corrected chi connectivity index (χ1v) is 3.89. The van der Waals surface area contributed by atoms with Crippen molar-refractivity contribution in [2.45, 2.75) is 26.7 Å². The molecule has 1 aromatic heterocycles. The van der Waals surface area contributed by atoms with Crippen molar-refractivity contribution in [2.75, 3.05) is 0 Å². The van der Waals surface area contributed by atoms with Gasteiger partial charge in [-0.1, -0.05) is 6.92 Å². The number of nitrogens with zero attached hydrogens (tertiary/aromatic N) is 2. The van der Waals surface area contributed by atoms with Crippen molar-refractivity contribution >= 4 is 0 Å². The first kappa shape index (κ1) is 8.18. The Bertz CT molecular complexity index is 221. The van der Waals surface area contributed by atoms with Gasteiger partial charge in [0.2, 0.25) is 0 Å². The van der Waals surface area contributed by atoms with E-state index in [9.17, 15) is 0 Å². The van der Waals surface area contributed by atoms with Gasteiger partial charge in [-0.05, 0) is 37.8 Å². The van der Waals surface area contributed by atoms with Gasteiger partial charge in [0.05, 0.1) is 5.69 Å². The highest BCUT2D eigenvalue weighted by atomic mass is 15.1. The normalized spacial score (nSPS) is 10.0. The molecule has 0 spiro atoms. The Hall–Kier alpha value is -0.920. The van der Waals surface area contributed by atoms with Crippen molar-refractivity contribution in [1.29, 1.82) is 0 Å². The van der Waals surface area contributed by atoms with Crippen LogP contribution in [0.2, 0.25) is 0 Å². The summed E-state index contributed by atoms with van der Waals surface area (Å²) in [4.78, 5) is 0. The molecule has 0 aromatic carbocycles. The average molecular weight is 149 g/mol. The van der Waals surface area contributed by atoms with Crippen LogP contribution >= 0.6 is 0 Å². The molecule has 0 aliphatic heterocycles. The predicted molar refractivity (Wildman–Crippen MR) is 45.1 cm³/mol. The Labute approximate surface area is 67.7 Å². The summed E-state index contributed by atoms with van der Waals surface area (Å²) in [5.41, 5.74) is 2.35. The molecule has 0 saturated heterocycles. The van der Waals surface area contributed by atoms with Crippen LogP contribution in [-0.2, 0) is 6.42 Å². The van der Waals surface area contributed by atoms with Gasteiger partial charge in [-0.3, -0.25) is 0 Å². The molecule has 0 unspecified atom stereocenters. The zero-order chi connectivity index (χ0) is 8.10. The molecule has 0 bridgehead atoms. The summed E-state index contributed by atoms with van der Waals surface area (Å²) in [7, 11) is 0. The van der Waals surface area contributed by atoms with Gasteiger partial charge >= 0.3 is 0 Å². The van der Waals surface area contributed by atoms with Crippen LogP contribution in [0.3, 0.4) is 0 Å². The molecule has 1 aromatic rings. The molecule has 1 radical (unpaired) electrons. The Morgan fingerprint density at radius 1 is 1.55 bits per heavy atom. The molecule has 2 nitrogen and oxygen atoms in total. The minimum atomic E-state index is 1.01. The molecule has 1 heterocycles. The van der Waals surface area contributed by atoms with E-state index in [-0.39, 0.29) is 0 Å². The van der Waals surface area contributed by atoms with Gasteiger partial charge in [0, 0.05) is 6.20 Å². The largest absolute Gasteiger partial charge is 0.159 e. The van der Waals surface area contributed by atoms with E-state index in [0.29, 0.717) is 0 Å². The number of unbranched alkanes of at least 4 members (excludes halogenated alkanes) is 1. The molecule has 0 aliphatic rings. The van der Waals surface area contributed by atoms with Crippen LogP contribution in [0.5, 0.6) is 0 Å². The van der Waals surface area contributed by atoms with Gasteiger partial charge in [0.15, 0.2) is 0 Å². The minimum Gasteiger partial charge on any atom is -0.159 e. The second-order valence-corrected chi connectivity index (χ2v) is 2.61. The molecule has 0 atom stereocenters. The summed E-state index contributed by atoms with van der Waals surface area (Å²) >= 11 is 0. The highest BCUT2D eigenvalue weighted by Gasteiger charge is 1.97. The van der Waals surface area contributed by atoms with Crippen LogP contribution in [0, 0.1) is 13.3 Å². The fourth-order valence-corrected chi connectivity index (χ4v) is 0.951. The Morgan fingerprint density at radius 2 is 2.36 bits per heavy atom. The standard InChI is InChI=1S/C9H13N2/c1-3-4-5-9-8(2)6-7-10-11-9/h3,6-7H,4-5H2,1-2H3. The van der Waals surface area contributed by atoms with Gasteiger partial charge in [0.25, 0.3) is 0 Å². The highest BCUT2D eigenvalue weighted by Crippen LogP contribution is 2.04. The summed E-state index contributed by atoms with van der Waals surface area (Å²) in [5, 5.41) is 7.88. The van der Waals surface area contributed by atoms with Crippen LogP contribution in [0.15, 0.2) is 12.3 Å². The summed E-state index contributed by atoms with van der Waals surface area (Å²) in [6, 6.07) is 2.00. The molecular weight excluding hydrogens is 136 g/mol. The molecule has 0 N–H and O–H groups in total. The Balaban J connectivity index is 2.62. The van der Waals surface area contributed by atoms with E-state index in [4.69, 9.17) is 0 Å². The second kappa shape index (κ2) is 4.06. The molecular formula is C9H13N2. The smallest absolute Gasteiger partial charge is 0.0660 e. The van der Waals surface area contributed by atoms with E-state index in [1.165, 1.54) is 5.56 Å². The Kier molecular flexibility index (Phi) is 3.02. The van der Waals surface area contributed by atoms with Crippen LogP contribution < -0.4 is 0 Å². The molecule has 59 valence electrons. The summed E-state index contributed by atoms with van der Waals surface area (Å²) in [6.45, 7) is 4.13. The van der Waals surface area contributed by atoms with Crippen LogP contribution in [-0.4, -0.2) is 10.2 Å². The monoisotopic (exact) mass is 149 g/mol. The van der Waals surface area contributed by atoms with Crippen molar-refractivity contribution in [3.8, 4) is 0 Å².